The van der Waals surface area contributed by atoms with E-state index in [9.17, 15) is 4.79 Å². The lowest BCUT2D eigenvalue weighted by Gasteiger charge is -2.01. The molecule has 0 aliphatic rings. The topological polar surface area (TPSA) is 34.9 Å². The Labute approximate surface area is 101 Å². The van der Waals surface area contributed by atoms with Crippen molar-refractivity contribution in [2.75, 3.05) is 0 Å². The van der Waals surface area contributed by atoms with E-state index in [0.717, 1.165) is 29.8 Å². The van der Waals surface area contributed by atoms with E-state index in [1.807, 2.05) is 30.7 Å². The third kappa shape index (κ3) is 2.00. The van der Waals surface area contributed by atoms with Crippen molar-refractivity contribution in [1.29, 1.82) is 0 Å². The zero-order valence-corrected chi connectivity index (χ0v) is 10.4. The van der Waals surface area contributed by atoms with Crippen LogP contribution in [0.15, 0.2) is 24.3 Å². The summed E-state index contributed by atoms with van der Waals surface area (Å²) in [5, 5.41) is 0. The van der Waals surface area contributed by atoms with Crippen LogP contribution in [0.5, 0.6) is 0 Å². The number of nitrogens with zero attached hydrogens (tertiary/aromatic N) is 2. The van der Waals surface area contributed by atoms with Gasteiger partial charge in [-0.25, -0.2) is 4.98 Å². The first kappa shape index (κ1) is 11.6. The molecule has 0 fully saturated rings. The number of imidazole rings is 1. The minimum atomic E-state index is 0.631. The second-order valence-corrected chi connectivity index (χ2v) is 4.12. The quantitative estimate of drug-likeness (QED) is 0.757. The van der Waals surface area contributed by atoms with Crippen LogP contribution in [0.1, 0.15) is 28.8 Å². The number of aromatic nitrogens is 2. The van der Waals surface area contributed by atoms with Crippen molar-refractivity contribution >= 4 is 6.29 Å². The van der Waals surface area contributed by atoms with Gasteiger partial charge in [-0.1, -0.05) is 31.2 Å². The third-order valence-electron chi connectivity index (χ3n) is 3.11. The summed E-state index contributed by atoms with van der Waals surface area (Å²) in [6.45, 7) is 4.02. The van der Waals surface area contributed by atoms with Crippen LogP contribution in [0, 0.1) is 6.92 Å². The predicted octanol–water partition coefficient (Wildman–Crippen LogP) is 2.77. The zero-order chi connectivity index (χ0) is 12.4. The molecular weight excluding hydrogens is 212 g/mol. The van der Waals surface area contributed by atoms with Crippen molar-refractivity contribution < 1.29 is 4.79 Å². The van der Waals surface area contributed by atoms with Gasteiger partial charge in [0.1, 0.15) is 11.5 Å². The van der Waals surface area contributed by atoms with Crippen LogP contribution in [0.2, 0.25) is 0 Å². The second-order valence-electron chi connectivity index (χ2n) is 4.12. The van der Waals surface area contributed by atoms with E-state index in [4.69, 9.17) is 0 Å². The number of benzene rings is 1. The van der Waals surface area contributed by atoms with E-state index in [1.54, 1.807) is 0 Å². The summed E-state index contributed by atoms with van der Waals surface area (Å²) in [6.07, 6.45) is 1.88. The van der Waals surface area contributed by atoms with Gasteiger partial charge in [-0.2, -0.15) is 0 Å². The molecule has 1 heterocycles. The zero-order valence-electron chi connectivity index (χ0n) is 10.4. The first-order valence-corrected chi connectivity index (χ1v) is 5.75. The van der Waals surface area contributed by atoms with Gasteiger partial charge in [-0.3, -0.25) is 4.79 Å². The van der Waals surface area contributed by atoms with Crippen LogP contribution in [0.25, 0.3) is 11.3 Å². The van der Waals surface area contributed by atoms with E-state index in [-0.39, 0.29) is 0 Å². The highest BCUT2D eigenvalue weighted by atomic mass is 16.1. The molecule has 1 aromatic heterocycles. The predicted molar refractivity (Wildman–Crippen MR) is 68.1 cm³/mol. The Morgan fingerprint density at radius 3 is 2.47 bits per heavy atom. The normalized spacial score (nSPS) is 10.5. The Morgan fingerprint density at radius 2 is 1.94 bits per heavy atom. The van der Waals surface area contributed by atoms with Crippen LogP contribution in [0.4, 0.5) is 0 Å². The Kier molecular flexibility index (Phi) is 3.09. The Hall–Kier alpha value is -1.90. The molecule has 0 spiro atoms. The Morgan fingerprint density at radius 1 is 1.29 bits per heavy atom. The highest BCUT2D eigenvalue weighted by Gasteiger charge is 2.12. The van der Waals surface area contributed by atoms with E-state index in [0.29, 0.717) is 5.69 Å². The smallest absolute Gasteiger partial charge is 0.168 e. The van der Waals surface area contributed by atoms with Crippen LogP contribution in [-0.2, 0) is 13.5 Å². The SMILES string of the molecule is CCc1ccc(-c2nc(C)n(C)c2C=O)cc1. The van der Waals surface area contributed by atoms with Crippen LogP contribution < -0.4 is 0 Å². The molecule has 0 aliphatic carbocycles. The molecule has 3 heteroatoms. The fourth-order valence-corrected chi connectivity index (χ4v) is 1.87. The standard InChI is InChI=1S/C14H16N2O/c1-4-11-5-7-12(8-6-11)14-13(9-17)16(3)10(2)15-14/h5-9H,4H2,1-3H3. The lowest BCUT2D eigenvalue weighted by Crippen LogP contribution is -1.97. The molecule has 3 nitrogen and oxygen atoms in total. The van der Waals surface area contributed by atoms with Crippen molar-refractivity contribution in [1.82, 2.24) is 9.55 Å². The summed E-state index contributed by atoms with van der Waals surface area (Å²) in [7, 11) is 1.86. The number of carbonyl (C=O) groups is 1. The van der Waals surface area contributed by atoms with E-state index in [2.05, 4.69) is 24.0 Å². The van der Waals surface area contributed by atoms with E-state index >= 15 is 0 Å². The van der Waals surface area contributed by atoms with Crippen LogP contribution >= 0.6 is 0 Å². The first-order valence-electron chi connectivity index (χ1n) is 5.75. The van der Waals surface area contributed by atoms with Crippen molar-refractivity contribution in [2.24, 2.45) is 7.05 Å². The number of hydrogen-bond donors (Lipinski definition) is 0. The fourth-order valence-electron chi connectivity index (χ4n) is 1.87. The van der Waals surface area contributed by atoms with Crippen molar-refractivity contribution in [2.45, 2.75) is 20.3 Å². The molecule has 0 amide bonds. The molecule has 88 valence electrons. The molecule has 2 rings (SSSR count). The Bertz CT molecular complexity index is 538. The van der Waals surface area contributed by atoms with Gasteiger partial charge >= 0.3 is 0 Å². The molecule has 17 heavy (non-hydrogen) atoms. The number of aryl methyl sites for hydroxylation is 2. The summed E-state index contributed by atoms with van der Waals surface area (Å²) in [5.74, 6) is 0.849. The second kappa shape index (κ2) is 4.53. The minimum absolute atomic E-state index is 0.631. The van der Waals surface area contributed by atoms with Crippen LogP contribution in [0.3, 0.4) is 0 Å². The molecular formula is C14H16N2O. The molecule has 0 N–H and O–H groups in total. The highest BCUT2D eigenvalue weighted by Crippen LogP contribution is 2.22. The van der Waals surface area contributed by atoms with E-state index < -0.39 is 0 Å². The number of rotatable bonds is 3. The summed E-state index contributed by atoms with van der Waals surface area (Å²) in [6, 6.07) is 8.20. The molecule has 0 radical (unpaired) electrons. The van der Waals surface area contributed by atoms with Gasteiger partial charge in [0, 0.05) is 12.6 Å². The summed E-state index contributed by atoms with van der Waals surface area (Å²) in [5.41, 5.74) is 3.68. The average Bonchev–Trinajstić information content (AvgIpc) is 2.65. The lowest BCUT2D eigenvalue weighted by atomic mass is 10.1. The lowest BCUT2D eigenvalue weighted by molar-refractivity contribution is 0.111. The van der Waals surface area contributed by atoms with Gasteiger partial charge in [0.25, 0.3) is 0 Å². The number of hydrogen-bond acceptors (Lipinski definition) is 2. The molecule has 0 unspecified atom stereocenters. The van der Waals surface area contributed by atoms with Gasteiger partial charge in [-0.15, -0.1) is 0 Å². The summed E-state index contributed by atoms with van der Waals surface area (Å²) in [4.78, 5) is 15.5. The first-order chi connectivity index (χ1) is 8.17. The summed E-state index contributed by atoms with van der Waals surface area (Å²) < 4.78 is 1.82. The van der Waals surface area contributed by atoms with E-state index in [1.165, 1.54) is 5.56 Å². The minimum Gasteiger partial charge on any atom is -0.329 e. The van der Waals surface area contributed by atoms with Crippen molar-refractivity contribution in [3.8, 4) is 11.3 Å². The molecule has 0 saturated heterocycles. The average molecular weight is 228 g/mol. The van der Waals surface area contributed by atoms with Gasteiger partial charge in [-0.05, 0) is 18.9 Å². The highest BCUT2D eigenvalue weighted by molar-refractivity contribution is 5.84. The van der Waals surface area contributed by atoms with Crippen molar-refractivity contribution in [3.05, 3.63) is 41.3 Å². The van der Waals surface area contributed by atoms with Crippen molar-refractivity contribution in [3.63, 3.8) is 0 Å². The number of carbonyl (C=O) groups excluding carboxylic acids is 1. The molecule has 0 aliphatic heterocycles. The van der Waals surface area contributed by atoms with Gasteiger partial charge in [0.2, 0.25) is 0 Å². The maximum absolute atomic E-state index is 11.1. The van der Waals surface area contributed by atoms with Gasteiger partial charge < -0.3 is 4.57 Å². The molecule has 0 bridgehead atoms. The molecule has 2 aromatic rings. The number of aldehydes is 1. The molecule has 0 atom stereocenters. The van der Waals surface area contributed by atoms with Gasteiger partial charge in [0.15, 0.2) is 6.29 Å². The summed E-state index contributed by atoms with van der Waals surface area (Å²) >= 11 is 0. The maximum Gasteiger partial charge on any atom is 0.168 e. The molecule has 0 saturated carbocycles. The van der Waals surface area contributed by atoms with Crippen LogP contribution in [-0.4, -0.2) is 15.8 Å². The largest absolute Gasteiger partial charge is 0.329 e. The maximum atomic E-state index is 11.1. The Balaban J connectivity index is 2.52. The molecule has 1 aromatic carbocycles. The third-order valence-corrected chi connectivity index (χ3v) is 3.11. The van der Waals surface area contributed by atoms with Gasteiger partial charge in [0.05, 0.1) is 5.69 Å². The fraction of sp³-hybridized carbons (Fsp3) is 0.286. The monoisotopic (exact) mass is 228 g/mol.